The van der Waals surface area contributed by atoms with Crippen molar-refractivity contribution in [1.29, 1.82) is 0 Å². The van der Waals surface area contributed by atoms with Crippen LogP contribution in [0.25, 0.3) is 17.2 Å². The van der Waals surface area contributed by atoms with E-state index in [9.17, 15) is 8.42 Å². The number of anilines is 2. The zero-order valence-electron chi connectivity index (χ0n) is 25.3. The summed E-state index contributed by atoms with van der Waals surface area (Å²) in [6.07, 6.45) is 3.04. The summed E-state index contributed by atoms with van der Waals surface area (Å²) < 4.78 is 46.7. The molecule has 4 aromatic rings. The van der Waals surface area contributed by atoms with Crippen molar-refractivity contribution in [3.05, 3.63) is 80.4 Å². The number of hydrogen-bond acceptors (Lipinski definition) is 8. The van der Waals surface area contributed by atoms with Crippen molar-refractivity contribution in [2.24, 2.45) is 5.92 Å². The Bertz CT molecular complexity index is 1810. The third kappa shape index (κ3) is 6.47. The summed E-state index contributed by atoms with van der Waals surface area (Å²) in [5.41, 5.74) is 5.08. The number of benzene rings is 2. The minimum Gasteiger partial charge on any atom is -0.497 e. The lowest BCUT2D eigenvalue weighted by Gasteiger charge is -2.39. The van der Waals surface area contributed by atoms with Crippen molar-refractivity contribution >= 4 is 50.5 Å². The molecular weight excluding hydrogens is 606 g/mol. The van der Waals surface area contributed by atoms with E-state index < -0.39 is 15.7 Å². The molecule has 3 heterocycles. The van der Waals surface area contributed by atoms with Crippen LogP contribution in [0.15, 0.2) is 56.8 Å². The maximum Gasteiger partial charge on any atom is 0.273 e. The maximum atomic E-state index is 13.4. The Labute approximate surface area is 262 Å². The second-order valence-electron chi connectivity index (χ2n) is 11.4. The lowest BCUT2D eigenvalue weighted by molar-refractivity contribution is 0.00224. The van der Waals surface area contributed by atoms with E-state index in [4.69, 9.17) is 25.6 Å². The predicted molar refractivity (Wildman–Crippen MR) is 174 cm³/mol. The fourth-order valence-corrected chi connectivity index (χ4v) is 8.05. The topological polar surface area (TPSA) is 103 Å². The highest BCUT2D eigenvalue weighted by Gasteiger charge is 2.34. The second-order valence-corrected chi connectivity index (χ2v) is 14.9. The van der Waals surface area contributed by atoms with E-state index in [-0.39, 0.29) is 10.0 Å². The Morgan fingerprint density at radius 3 is 2.53 bits per heavy atom. The average molecular weight is 642 g/mol. The van der Waals surface area contributed by atoms with Gasteiger partial charge in [-0.05, 0) is 87.6 Å². The minimum atomic E-state index is -3.95. The van der Waals surface area contributed by atoms with Crippen molar-refractivity contribution in [1.82, 2.24) is 5.16 Å². The number of halogens is 1. The number of rotatable bonds is 10. The van der Waals surface area contributed by atoms with Gasteiger partial charge in [0.2, 0.25) is 0 Å². The smallest absolute Gasteiger partial charge is 0.273 e. The summed E-state index contributed by atoms with van der Waals surface area (Å²) in [5, 5.41) is 7.88. The normalized spacial score (nSPS) is 16.5. The quantitative estimate of drug-likeness (QED) is 0.179. The number of methoxy groups -OCH3 is 1. The Morgan fingerprint density at radius 2 is 1.88 bits per heavy atom. The number of ether oxygens (including phenoxy) is 2. The van der Waals surface area contributed by atoms with E-state index >= 15 is 0 Å². The van der Waals surface area contributed by atoms with Crippen LogP contribution >= 0.6 is 22.9 Å². The number of thiophene rings is 1. The molecule has 1 aliphatic heterocycles. The van der Waals surface area contributed by atoms with Gasteiger partial charge in [-0.15, -0.1) is 11.3 Å². The first-order valence-corrected chi connectivity index (χ1v) is 16.6. The molecule has 0 radical (unpaired) electrons. The van der Waals surface area contributed by atoms with Crippen molar-refractivity contribution in [2.75, 3.05) is 17.1 Å². The number of nitrogens with zero attached hydrogens (tertiary/aromatic N) is 1. The van der Waals surface area contributed by atoms with Gasteiger partial charge < -0.3 is 19.3 Å². The standard InChI is InChI=1S/C32H36ClN3O5S2/c1-18(2)12-24-15-23-16-25(39-7)9-11-29(23)34-32(24,6)40-17-22-8-10-26(28(33)14-22)27-13-19(3)42-31(27)43(37,38)36-30-20(4)21(5)41-35-30/h8-11,13-16,18,34H,12,17H2,1-7H3,(H,35,36). The molecule has 0 aliphatic carbocycles. The third-order valence-electron chi connectivity index (χ3n) is 7.51. The molecule has 228 valence electrons. The van der Waals surface area contributed by atoms with Crippen LogP contribution in [0, 0.1) is 26.7 Å². The molecule has 0 amide bonds. The Kier molecular flexibility index (Phi) is 8.68. The molecule has 43 heavy (non-hydrogen) atoms. The molecular formula is C32H36ClN3O5S2. The molecule has 0 spiro atoms. The number of hydrogen-bond donors (Lipinski definition) is 2. The number of sulfonamides is 1. The van der Waals surface area contributed by atoms with Crippen LogP contribution in [0.1, 0.15) is 54.5 Å². The maximum absolute atomic E-state index is 13.4. The molecule has 5 rings (SSSR count). The molecule has 1 aliphatic rings. The fraction of sp³-hybridized carbons (Fsp3) is 0.344. The first kappa shape index (κ1) is 31.1. The molecule has 0 saturated heterocycles. The molecule has 11 heteroatoms. The average Bonchev–Trinajstić information content (AvgIpc) is 3.49. The van der Waals surface area contributed by atoms with Crippen molar-refractivity contribution in [3.63, 3.8) is 0 Å². The van der Waals surface area contributed by atoms with Crippen molar-refractivity contribution < 1.29 is 22.4 Å². The van der Waals surface area contributed by atoms with Crippen LogP contribution in [0.4, 0.5) is 11.5 Å². The highest BCUT2D eigenvalue weighted by atomic mass is 35.5. The number of aryl methyl sites for hydroxylation is 2. The summed E-state index contributed by atoms with van der Waals surface area (Å²) in [4.78, 5) is 0.838. The molecule has 0 saturated carbocycles. The zero-order chi connectivity index (χ0) is 31.1. The van der Waals surface area contributed by atoms with E-state index in [0.29, 0.717) is 40.0 Å². The van der Waals surface area contributed by atoms with Gasteiger partial charge >= 0.3 is 0 Å². The molecule has 2 aromatic carbocycles. The second kappa shape index (κ2) is 12.0. The Hall–Kier alpha value is -3.31. The predicted octanol–water partition coefficient (Wildman–Crippen LogP) is 8.58. The first-order chi connectivity index (χ1) is 20.3. The van der Waals surface area contributed by atoms with Crippen molar-refractivity contribution in [3.8, 4) is 16.9 Å². The van der Waals surface area contributed by atoms with Crippen LogP contribution in [0.2, 0.25) is 5.02 Å². The molecule has 2 N–H and O–H groups in total. The SMILES string of the molecule is COc1ccc2c(c1)C=C(CC(C)C)C(C)(OCc1ccc(-c3cc(C)sc3S(=O)(=O)Nc3noc(C)c3C)c(Cl)c1)N2. The van der Waals surface area contributed by atoms with Gasteiger partial charge in [-0.1, -0.05) is 42.7 Å². The van der Waals surface area contributed by atoms with Crippen LogP contribution in [-0.2, 0) is 21.4 Å². The van der Waals surface area contributed by atoms with Gasteiger partial charge in [0.25, 0.3) is 10.0 Å². The number of aromatic nitrogens is 1. The molecule has 0 bridgehead atoms. The van der Waals surface area contributed by atoms with Crippen LogP contribution in [0.3, 0.4) is 0 Å². The van der Waals surface area contributed by atoms with E-state index in [1.165, 1.54) is 11.3 Å². The van der Waals surface area contributed by atoms with Crippen LogP contribution in [0.5, 0.6) is 5.75 Å². The summed E-state index contributed by atoms with van der Waals surface area (Å²) in [7, 11) is -2.28. The van der Waals surface area contributed by atoms with Crippen LogP contribution in [-0.4, -0.2) is 26.4 Å². The zero-order valence-corrected chi connectivity index (χ0v) is 27.7. The lowest BCUT2D eigenvalue weighted by Crippen LogP contribution is -2.42. The van der Waals surface area contributed by atoms with Gasteiger partial charge in [0.05, 0.1) is 13.7 Å². The van der Waals surface area contributed by atoms with E-state index in [2.05, 4.69) is 35.1 Å². The summed E-state index contributed by atoms with van der Waals surface area (Å²) >= 11 is 7.98. The van der Waals surface area contributed by atoms with E-state index in [1.54, 1.807) is 21.0 Å². The lowest BCUT2D eigenvalue weighted by atomic mass is 9.89. The monoisotopic (exact) mass is 641 g/mol. The Balaban J connectivity index is 1.39. The van der Waals surface area contributed by atoms with Gasteiger partial charge in [0, 0.05) is 37.8 Å². The summed E-state index contributed by atoms with van der Waals surface area (Å²) in [5.74, 6) is 1.96. The van der Waals surface area contributed by atoms with Gasteiger partial charge in [0.15, 0.2) is 11.5 Å². The van der Waals surface area contributed by atoms with Gasteiger partial charge in [-0.25, -0.2) is 8.42 Å². The van der Waals surface area contributed by atoms with E-state index in [0.717, 1.165) is 39.4 Å². The fourth-order valence-electron chi connectivity index (χ4n) is 5.05. The summed E-state index contributed by atoms with van der Waals surface area (Å²) in [6.45, 7) is 12.1. The number of fused-ring (bicyclic) bond motifs is 1. The molecule has 0 fully saturated rings. The third-order valence-corrected chi connectivity index (χ3v) is 10.7. The van der Waals surface area contributed by atoms with Crippen molar-refractivity contribution in [2.45, 2.75) is 64.5 Å². The van der Waals surface area contributed by atoms with Crippen LogP contribution < -0.4 is 14.8 Å². The Morgan fingerprint density at radius 1 is 1.12 bits per heavy atom. The number of nitrogens with one attached hydrogen (secondary N) is 2. The molecule has 1 unspecified atom stereocenters. The first-order valence-electron chi connectivity index (χ1n) is 14.0. The molecule has 8 nitrogen and oxygen atoms in total. The summed E-state index contributed by atoms with van der Waals surface area (Å²) in [6, 6.07) is 13.4. The highest BCUT2D eigenvalue weighted by molar-refractivity contribution is 7.94. The largest absolute Gasteiger partial charge is 0.497 e. The molecule has 2 aromatic heterocycles. The van der Waals surface area contributed by atoms with Gasteiger partial charge in [0.1, 0.15) is 15.7 Å². The van der Waals surface area contributed by atoms with Gasteiger partial charge in [-0.2, -0.15) is 0 Å². The van der Waals surface area contributed by atoms with E-state index in [1.807, 2.05) is 56.3 Å². The minimum absolute atomic E-state index is 0.161. The molecule has 1 atom stereocenters. The van der Waals surface area contributed by atoms with Gasteiger partial charge in [-0.3, -0.25) is 4.72 Å². The highest BCUT2D eigenvalue weighted by Crippen LogP contribution is 2.41.